The zero-order valence-corrected chi connectivity index (χ0v) is 15.0. The molecule has 0 saturated heterocycles. The molecule has 1 N–H and O–H groups in total. The standard InChI is InChI=1S/C17H15N5OS2/c1-2-11(12-9-22-7-4-6-18-17(22)21-12)19-15(23)13-10-25-16(20-13)14-5-3-8-24-14/h3-11H,2H2,1H3,(H,19,23). The molecule has 8 heteroatoms. The molecule has 0 aromatic carbocycles. The van der Waals surface area contributed by atoms with Gasteiger partial charge in [-0.15, -0.1) is 22.7 Å². The molecule has 0 radical (unpaired) electrons. The van der Waals surface area contributed by atoms with E-state index in [0.29, 0.717) is 11.5 Å². The molecule has 4 rings (SSSR count). The normalized spacial score (nSPS) is 12.4. The number of thiazole rings is 1. The SMILES string of the molecule is CCC(NC(=O)c1csc(-c2cccs2)n1)c1cn2cccnc2n1. The molecule has 0 spiro atoms. The smallest absolute Gasteiger partial charge is 0.271 e. The minimum Gasteiger partial charge on any atom is -0.342 e. The van der Waals surface area contributed by atoms with Crippen LogP contribution >= 0.6 is 22.7 Å². The van der Waals surface area contributed by atoms with Crippen LogP contribution in [0.25, 0.3) is 15.7 Å². The van der Waals surface area contributed by atoms with Crippen molar-refractivity contribution in [2.75, 3.05) is 0 Å². The van der Waals surface area contributed by atoms with Crippen LogP contribution in [0.15, 0.2) is 47.5 Å². The summed E-state index contributed by atoms with van der Waals surface area (Å²) in [6, 6.07) is 5.65. The molecule has 6 nitrogen and oxygen atoms in total. The van der Waals surface area contributed by atoms with Crippen molar-refractivity contribution < 1.29 is 4.79 Å². The van der Waals surface area contributed by atoms with E-state index in [1.165, 1.54) is 11.3 Å². The van der Waals surface area contributed by atoms with Crippen LogP contribution in [0.2, 0.25) is 0 Å². The summed E-state index contributed by atoms with van der Waals surface area (Å²) >= 11 is 3.09. The molecular formula is C17H15N5OS2. The van der Waals surface area contributed by atoms with Crippen LogP contribution in [0.4, 0.5) is 0 Å². The van der Waals surface area contributed by atoms with Gasteiger partial charge in [-0.25, -0.2) is 15.0 Å². The number of thiophene rings is 1. The highest BCUT2D eigenvalue weighted by Gasteiger charge is 2.19. The number of hydrogen-bond donors (Lipinski definition) is 1. The first kappa shape index (κ1) is 15.9. The summed E-state index contributed by atoms with van der Waals surface area (Å²) in [5, 5.41) is 7.68. The Morgan fingerprint density at radius 1 is 1.32 bits per heavy atom. The van der Waals surface area contributed by atoms with E-state index in [9.17, 15) is 4.79 Å². The van der Waals surface area contributed by atoms with Crippen LogP contribution in [0.1, 0.15) is 35.6 Å². The van der Waals surface area contributed by atoms with Crippen molar-refractivity contribution in [3.63, 3.8) is 0 Å². The van der Waals surface area contributed by atoms with Gasteiger partial charge in [-0.1, -0.05) is 13.0 Å². The highest BCUT2D eigenvalue weighted by Crippen LogP contribution is 2.28. The Hall–Kier alpha value is -2.58. The zero-order chi connectivity index (χ0) is 17.2. The van der Waals surface area contributed by atoms with Gasteiger partial charge in [-0.2, -0.15) is 0 Å². The number of imidazole rings is 1. The molecule has 0 fully saturated rings. The van der Waals surface area contributed by atoms with Crippen molar-refractivity contribution >= 4 is 34.4 Å². The van der Waals surface area contributed by atoms with E-state index >= 15 is 0 Å². The fraction of sp³-hybridized carbons (Fsp3) is 0.176. The lowest BCUT2D eigenvalue weighted by molar-refractivity contribution is 0.0930. The summed E-state index contributed by atoms with van der Waals surface area (Å²) in [4.78, 5) is 26.8. The van der Waals surface area contributed by atoms with Crippen LogP contribution in [0.5, 0.6) is 0 Å². The predicted molar refractivity (Wildman–Crippen MR) is 98.9 cm³/mol. The maximum absolute atomic E-state index is 12.6. The Kier molecular flexibility index (Phi) is 4.29. The minimum atomic E-state index is -0.184. The number of hydrogen-bond acceptors (Lipinski definition) is 6. The van der Waals surface area contributed by atoms with Crippen LogP contribution < -0.4 is 5.32 Å². The number of carbonyl (C=O) groups is 1. The lowest BCUT2D eigenvalue weighted by Crippen LogP contribution is -2.28. The molecule has 126 valence electrons. The third-order valence-electron chi connectivity index (χ3n) is 3.79. The number of fused-ring (bicyclic) bond motifs is 1. The van der Waals surface area contributed by atoms with Crippen LogP contribution in [0, 0.1) is 0 Å². The highest BCUT2D eigenvalue weighted by molar-refractivity contribution is 7.20. The summed E-state index contributed by atoms with van der Waals surface area (Å²) in [5.74, 6) is 0.440. The van der Waals surface area contributed by atoms with Crippen LogP contribution in [-0.4, -0.2) is 25.3 Å². The van der Waals surface area contributed by atoms with Gasteiger partial charge in [-0.05, 0) is 23.9 Å². The molecular weight excluding hydrogens is 354 g/mol. The van der Waals surface area contributed by atoms with Crippen molar-refractivity contribution in [2.45, 2.75) is 19.4 Å². The zero-order valence-electron chi connectivity index (χ0n) is 13.4. The van der Waals surface area contributed by atoms with E-state index < -0.39 is 0 Å². The molecule has 1 atom stereocenters. The molecule has 1 amide bonds. The second-order valence-electron chi connectivity index (χ2n) is 5.44. The first-order valence-corrected chi connectivity index (χ1v) is 9.60. The summed E-state index contributed by atoms with van der Waals surface area (Å²) in [7, 11) is 0. The highest BCUT2D eigenvalue weighted by atomic mass is 32.1. The average molecular weight is 369 g/mol. The van der Waals surface area contributed by atoms with Gasteiger partial charge in [0.25, 0.3) is 5.91 Å². The number of amides is 1. The van der Waals surface area contributed by atoms with Gasteiger partial charge >= 0.3 is 0 Å². The van der Waals surface area contributed by atoms with Crippen molar-refractivity contribution in [3.05, 3.63) is 58.9 Å². The number of nitrogens with zero attached hydrogens (tertiary/aromatic N) is 4. The molecule has 0 aliphatic rings. The van der Waals surface area contributed by atoms with Gasteiger partial charge in [0.2, 0.25) is 5.78 Å². The number of nitrogens with one attached hydrogen (secondary N) is 1. The largest absolute Gasteiger partial charge is 0.342 e. The number of carbonyl (C=O) groups excluding carboxylic acids is 1. The quantitative estimate of drug-likeness (QED) is 0.581. The molecule has 1 unspecified atom stereocenters. The molecule has 25 heavy (non-hydrogen) atoms. The third-order valence-corrected chi connectivity index (χ3v) is 5.67. The fourth-order valence-electron chi connectivity index (χ4n) is 2.53. The first-order chi connectivity index (χ1) is 12.2. The maximum Gasteiger partial charge on any atom is 0.271 e. The summed E-state index contributed by atoms with van der Waals surface area (Å²) < 4.78 is 1.85. The van der Waals surface area contributed by atoms with Gasteiger partial charge < -0.3 is 5.32 Å². The fourth-order valence-corrected chi connectivity index (χ4v) is 4.14. The van der Waals surface area contributed by atoms with Crippen molar-refractivity contribution in [1.82, 2.24) is 24.7 Å². The second kappa shape index (κ2) is 6.73. The van der Waals surface area contributed by atoms with Gasteiger partial charge in [0, 0.05) is 24.0 Å². The maximum atomic E-state index is 12.6. The summed E-state index contributed by atoms with van der Waals surface area (Å²) in [6.45, 7) is 2.01. The molecule has 4 aromatic rings. The van der Waals surface area contributed by atoms with Gasteiger partial charge in [0.05, 0.1) is 16.6 Å². The summed E-state index contributed by atoms with van der Waals surface area (Å²) in [5.41, 5.74) is 1.23. The predicted octanol–water partition coefficient (Wildman–Crippen LogP) is 3.80. The monoisotopic (exact) mass is 369 g/mol. The van der Waals surface area contributed by atoms with Crippen molar-refractivity contribution in [3.8, 4) is 9.88 Å². The van der Waals surface area contributed by atoms with E-state index in [2.05, 4.69) is 20.3 Å². The average Bonchev–Trinajstić information content (AvgIpc) is 3.38. The molecule has 4 aromatic heterocycles. The van der Waals surface area contributed by atoms with E-state index in [1.54, 1.807) is 22.9 Å². The Morgan fingerprint density at radius 2 is 2.24 bits per heavy atom. The Morgan fingerprint density at radius 3 is 3.00 bits per heavy atom. The topological polar surface area (TPSA) is 72.2 Å². The molecule has 0 aliphatic heterocycles. The van der Waals surface area contributed by atoms with Gasteiger partial charge in [0.15, 0.2) is 0 Å². The molecule has 4 heterocycles. The molecule has 0 saturated carbocycles. The lowest BCUT2D eigenvalue weighted by Gasteiger charge is -2.13. The van der Waals surface area contributed by atoms with E-state index in [4.69, 9.17) is 0 Å². The Bertz CT molecular complexity index is 972. The van der Waals surface area contributed by atoms with E-state index in [-0.39, 0.29) is 11.9 Å². The third kappa shape index (κ3) is 3.18. The van der Waals surface area contributed by atoms with Crippen molar-refractivity contribution in [2.24, 2.45) is 0 Å². The first-order valence-electron chi connectivity index (χ1n) is 7.84. The van der Waals surface area contributed by atoms with Gasteiger partial charge in [-0.3, -0.25) is 9.20 Å². The van der Waals surface area contributed by atoms with E-state index in [1.807, 2.05) is 47.3 Å². The second-order valence-corrected chi connectivity index (χ2v) is 7.25. The molecule has 0 bridgehead atoms. The Labute approximate surface area is 152 Å². The van der Waals surface area contributed by atoms with Crippen molar-refractivity contribution in [1.29, 1.82) is 0 Å². The Balaban J connectivity index is 1.54. The minimum absolute atomic E-state index is 0.180. The summed E-state index contributed by atoms with van der Waals surface area (Å²) in [6.07, 6.45) is 6.22. The van der Waals surface area contributed by atoms with Crippen LogP contribution in [0.3, 0.4) is 0 Å². The number of rotatable bonds is 5. The van der Waals surface area contributed by atoms with Crippen LogP contribution in [-0.2, 0) is 0 Å². The van der Waals surface area contributed by atoms with Gasteiger partial charge in [0.1, 0.15) is 10.7 Å². The number of aromatic nitrogens is 4. The van der Waals surface area contributed by atoms with E-state index in [0.717, 1.165) is 22.0 Å². The molecule has 0 aliphatic carbocycles. The lowest BCUT2D eigenvalue weighted by atomic mass is 10.1.